The Morgan fingerprint density at radius 2 is 1.86 bits per heavy atom. The summed E-state index contributed by atoms with van der Waals surface area (Å²) in [5.41, 5.74) is 2.02. The average molecular weight is 293 g/mol. The zero-order valence-corrected chi connectivity index (χ0v) is 12.2. The number of hydrogen-bond acceptors (Lipinski definition) is 4. The first-order valence-electron chi connectivity index (χ1n) is 7.17. The summed E-state index contributed by atoms with van der Waals surface area (Å²) in [7, 11) is 0. The monoisotopic (exact) mass is 293 g/mol. The highest BCUT2D eigenvalue weighted by Gasteiger charge is 2.21. The molecule has 0 saturated carbocycles. The molecule has 1 aliphatic rings. The Labute approximate surface area is 128 Å². The highest BCUT2D eigenvalue weighted by Crippen LogP contribution is 2.33. The fourth-order valence-corrected chi connectivity index (χ4v) is 2.68. The van der Waals surface area contributed by atoms with Crippen LogP contribution in [-0.2, 0) is 18.0 Å². The molecular weight excluding hydrogens is 278 g/mol. The minimum absolute atomic E-state index is 0.445. The molecule has 0 saturated heterocycles. The third-order valence-electron chi connectivity index (χ3n) is 3.69. The molecule has 2 heterocycles. The summed E-state index contributed by atoms with van der Waals surface area (Å²) in [4.78, 5) is 0. The molecule has 1 aliphatic heterocycles. The van der Waals surface area contributed by atoms with E-state index in [2.05, 4.69) is 10.2 Å². The Bertz CT molecular complexity index is 812. The predicted molar refractivity (Wildman–Crippen MR) is 81.1 cm³/mol. The van der Waals surface area contributed by atoms with Gasteiger partial charge in [0.1, 0.15) is 23.9 Å². The van der Waals surface area contributed by atoms with E-state index in [1.54, 1.807) is 0 Å². The molecule has 1 aromatic heterocycles. The van der Waals surface area contributed by atoms with Crippen molar-refractivity contribution in [2.45, 2.75) is 20.1 Å². The standard InChI is InChI=1S/C17H15N3O2/c1-12-18-19-17-11-21-10-14-15(20(12)17)8-5-9-16(14)22-13-6-3-2-4-7-13/h2-9H,10-11H2,1H3. The second-order valence-corrected chi connectivity index (χ2v) is 5.16. The molecule has 0 amide bonds. The zero-order valence-electron chi connectivity index (χ0n) is 12.2. The van der Waals surface area contributed by atoms with Crippen LogP contribution in [0.3, 0.4) is 0 Å². The Hall–Kier alpha value is -2.66. The summed E-state index contributed by atoms with van der Waals surface area (Å²) in [6.07, 6.45) is 0. The molecule has 0 radical (unpaired) electrons. The number of benzene rings is 2. The molecule has 0 N–H and O–H groups in total. The van der Waals surface area contributed by atoms with Crippen LogP contribution in [0.5, 0.6) is 11.5 Å². The van der Waals surface area contributed by atoms with Crippen LogP contribution in [0, 0.1) is 6.92 Å². The molecule has 5 nitrogen and oxygen atoms in total. The van der Waals surface area contributed by atoms with Crippen molar-refractivity contribution in [2.75, 3.05) is 0 Å². The molecule has 0 fully saturated rings. The molecule has 5 heteroatoms. The molecule has 0 aliphatic carbocycles. The summed E-state index contributed by atoms with van der Waals surface area (Å²) in [6.45, 7) is 2.87. The van der Waals surface area contributed by atoms with Crippen molar-refractivity contribution in [3.05, 3.63) is 65.7 Å². The van der Waals surface area contributed by atoms with Gasteiger partial charge in [0.2, 0.25) is 0 Å². The fourth-order valence-electron chi connectivity index (χ4n) is 2.68. The summed E-state index contributed by atoms with van der Waals surface area (Å²) in [5, 5.41) is 8.32. The summed E-state index contributed by atoms with van der Waals surface area (Å²) in [5.74, 6) is 3.26. The topological polar surface area (TPSA) is 49.2 Å². The lowest BCUT2D eigenvalue weighted by atomic mass is 10.1. The SMILES string of the molecule is Cc1nnc2n1-c1cccc(Oc3ccccc3)c1COC2. The largest absolute Gasteiger partial charge is 0.457 e. The van der Waals surface area contributed by atoms with Crippen LogP contribution in [0.25, 0.3) is 5.69 Å². The second-order valence-electron chi connectivity index (χ2n) is 5.16. The van der Waals surface area contributed by atoms with Gasteiger partial charge in [-0.2, -0.15) is 0 Å². The summed E-state index contributed by atoms with van der Waals surface area (Å²) in [6, 6.07) is 15.7. The van der Waals surface area contributed by atoms with Crippen molar-refractivity contribution in [2.24, 2.45) is 0 Å². The van der Waals surface area contributed by atoms with Crippen molar-refractivity contribution in [1.82, 2.24) is 14.8 Å². The number of aryl methyl sites for hydroxylation is 1. The van der Waals surface area contributed by atoms with E-state index < -0.39 is 0 Å². The Kier molecular flexibility index (Phi) is 3.12. The number of aromatic nitrogens is 3. The second kappa shape index (κ2) is 5.27. The zero-order chi connectivity index (χ0) is 14.9. The number of hydrogen-bond donors (Lipinski definition) is 0. The third kappa shape index (κ3) is 2.16. The van der Waals surface area contributed by atoms with Gasteiger partial charge in [-0.15, -0.1) is 10.2 Å². The van der Waals surface area contributed by atoms with E-state index >= 15 is 0 Å². The average Bonchev–Trinajstić information content (AvgIpc) is 2.80. The first-order chi connectivity index (χ1) is 10.8. The van der Waals surface area contributed by atoms with Crippen LogP contribution in [-0.4, -0.2) is 14.8 Å². The van der Waals surface area contributed by atoms with Gasteiger partial charge >= 0.3 is 0 Å². The molecule has 4 rings (SSSR count). The van der Waals surface area contributed by atoms with Gasteiger partial charge in [-0.3, -0.25) is 4.57 Å². The fraction of sp³-hybridized carbons (Fsp3) is 0.176. The van der Waals surface area contributed by atoms with Crippen molar-refractivity contribution in [3.63, 3.8) is 0 Å². The molecule has 0 unspecified atom stereocenters. The summed E-state index contributed by atoms with van der Waals surface area (Å²) < 4.78 is 13.8. The maximum absolute atomic E-state index is 6.03. The molecule has 0 spiro atoms. The molecule has 2 aromatic carbocycles. The van der Waals surface area contributed by atoms with Gasteiger partial charge in [0.05, 0.1) is 12.3 Å². The first-order valence-corrected chi connectivity index (χ1v) is 7.17. The number of rotatable bonds is 2. The highest BCUT2D eigenvalue weighted by atomic mass is 16.5. The van der Waals surface area contributed by atoms with E-state index in [1.165, 1.54) is 0 Å². The normalized spacial score (nSPS) is 13.1. The molecule has 0 bridgehead atoms. The van der Waals surface area contributed by atoms with Crippen molar-refractivity contribution in [1.29, 1.82) is 0 Å². The van der Waals surface area contributed by atoms with Gasteiger partial charge in [-0.25, -0.2) is 0 Å². The smallest absolute Gasteiger partial charge is 0.163 e. The maximum atomic E-state index is 6.03. The van der Waals surface area contributed by atoms with Gasteiger partial charge in [0.25, 0.3) is 0 Å². The van der Waals surface area contributed by atoms with Crippen LogP contribution in [0.2, 0.25) is 0 Å². The minimum atomic E-state index is 0.445. The van der Waals surface area contributed by atoms with Crippen molar-refractivity contribution < 1.29 is 9.47 Å². The van der Waals surface area contributed by atoms with E-state index in [9.17, 15) is 0 Å². The van der Waals surface area contributed by atoms with E-state index in [0.717, 1.165) is 34.4 Å². The molecule has 0 atom stereocenters. The lowest BCUT2D eigenvalue weighted by molar-refractivity contribution is 0.104. The lowest BCUT2D eigenvalue weighted by Gasteiger charge is -2.14. The summed E-state index contributed by atoms with van der Waals surface area (Å²) >= 11 is 0. The van der Waals surface area contributed by atoms with Crippen LogP contribution in [0.15, 0.2) is 48.5 Å². The van der Waals surface area contributed by atoms with Gasteiger partial charge in [-0.05, 0) is 31.2 Å². The van der Waals surface area contributed by atoms with Crippen LogP contribution in [0.1, 0.15) is 17.2 Å². The van der Waals surface area contributed by atoms with E-state index in [-0.39, 0.29) is 0 Å². The number of para-hydroxylation sites is 1. The highest BCUT2D eigenvalue weighted by molar-refractivity contribution is 5.52. The predicted octanol–water partition coefficient (Wildman–Crippen LogP) is 3.40. The number of fused-ring (bicyclic) bond motifs is 3. The van der Waals surface area contributed by atoms with E-state index in [0.29, 0.717) is 13.2 Å². The Morgan fingerprint density at radius 3 is 2.73 bits per heavy atom. The van der Waals surface area contributed by atoms with Crippen molar-refractivity contribution in [3.8, 4) is 17.2 Å². The molecule has 110 valence electrons. The van der Waals surface area contributed by atoms with Gasteiger partial charge in [0, 0.05) is 5.56 Å². The van der Waals surface area contributed by atoms with Crippen LogP contribution in [0.4, 0.5) is 0 Å². The Morgan fingerprint density at radius 1 is 1.00 bits per heavy atom. The van der Waals surface area contributed by atoms with Crippen molar-refractivity contribution >= 4 is 0 Å². The quantitative estimate of drug-likeness (QED) is 0.726. The molecule has 22 heavy (non-hydrogen) atoms. The van der Waals surface area contributed by atoms with Gasteiger partial charge in [-0.1, -0.05) is 24.3 Å². The number of nitrogens with zero attached hydrogens (tertiary/aromatic N) is 3. The first kappa shape index (κ1) is 13.0. The number of ether oxygens (including phenoxy) is 2. The molecule has 3 aromatic rings. The molecular formula is C17H15N3O2. The maximum Gasteiger partial charge on any atom is 0.163 e. The Balaban J connectivity index is 1.83. The van der Waals surface area contributed by atoms with Gasteiger partial charge in [0.15, 0.2) is 5.82 Å². The van der Waals surface area contributed by atoms with Crippen LogP contribution >= 0.6 is 0 Å². The van der Waals surface area contributed by atoms with Gasteiger partial charge < -0.3 is 9.47 Å². The third-order valence-corrected chi connectivity index (χ3v) is 3.69. The van der Waals surface area contributed by atoms with Crippen LogP contribution < -0.4 is 4.74 Å². The lowest BCUT2D eigenvalue weighted by Crippen LogP contribution is -2.03. The van der Waals surface area contributed by atoms with E-state index in [4.69, 9.17) is 9.47 Å². The minimum Gasteiger partial charge on any atom is -0.457 e. The van der Waals surface area contributed by atoms with E-state index in [1.807, 2.05) is 60.0 Å².